The number of non-ortho nitro benzene ring substituents is 1. The Labute approximate surface area is 131 Å². The van der Waals surface area contributed by atoms with E-state index < -0.39 is 4.92 Å². The highest BCUT2D eigenvalue weighted by atomic mass is 79.9. The van der Waals surface area contributed by atoms with Crippen LogP contribution in [0.4, 0.5) is 5.69 Å². The van der Waals surface area contributed by atoms with Gasteiger partial charge in [0.25, 0.3) is 5.69 Å². The molecule has 2 aromatic rings. The smallest absolute Gasteiger partial charge is 0.273 e. The SMILES string of the molecule is N#Cc1ccc(Oc2cc([N+](=O)[O-])ccc2Br)c(Br)c1. The summed E-state index contributed by atoms with van der Waals surface area (Å²) in [6.45, 7) is 0. The van der Waals surface area contributed by atoms with Crippen molar-refractivity contribution in [3.8, 4) is 17.6 Å². The fourth-order valence-corrected chi connectivity index (χ4v) is 2.24. The monoisotopic (exact) mass is 396 g/mol. The minimum Gasteiger partial charge on any atom is -0.455 e. The van der Waals surface area contributed by atoms with Crippen LogP contribution in [0.3, 0.4) is 0 Å². The van der Waals surface area contributed by atoms with E-state index >= 15 is 0 Å². The van der Waals surface area contributed by atoms with Gasteiger partial charge in [-0.25, -0.2) is 0 Å². The molecule has 0 N–H and O–H groups in total. The Morgan fingerprint density at radius 1 is 1.10 bits per heavy atom. The van der Waals surface area contributed by atoms with E-state index in [0.29, 0.717) is 26.0 Å². The van der Waals surface area contributed by atoms with E-state index in [0.717, 1.165) is 0 Å². The first-order valence-electron chi connectivity index (χ1n) is 5.32. The average molecular weight is 398 g/mol. The van der Waals surface area contributed by atoms with Crippen molar-refractivity contribution in [2.45, 2.75) is 0 Å². The Kier molecular flexibility index (Phi) is 4.37. The van der Waals surface area contributed by atoms with Gasteiger partial charge in [0.2, 0.25) is 0 Å². The zero-order valence-electron chi connectivity index (χ0n) is 9.84. The van der Waals surface area contributed by atoms with Gasteiger partial charge in [0.05, 0.1) is 31.6 Å². The Bertz CT molecular complexity index is 726. The summed E-state index contributed by atoms with van der Waals surface area (Å²) in [4.78, 5) is 10.3. The first kappa shape index (κ1) is 14.5. The highest BCUT2D eigenvalue weighted by Gasteiger charge is 2.12. The van der Waals surface area contributed by atoms with E-state index in [4.69, 9.17) is 10.00 Å². The number of hydrogen-bond donors (Lipinski definition) is 0. The van der Waals surface area contributed by atoms with E-state index in [2.05, 4.69) is 31.9 Å². The summed E-state index contributed by atoms with van der Waals surface area (Å²) in [5.74, 6) is 0.787. The molecule has 7 heteroatoms. The normalized spacial score (nSPS) is 9.85. The van der Waals surface area contributed by atoms with E-state index in [1.165, 1.54) is 12.1 Å². The van der Waals surface area contributed by atoms with Crippen LogP contribution in [0.1, 0.15) is 5.56 Å². The number of nitrogens with zero attached hydrogens (tertiary/aromatic N) is 2. The summed E-state index contributed by atoms with van der Waals surface area (Å²) in [5, 5.41) is 19.5. The molecule has 2 aromatic carbocycles. The number of rotatable bonds is 3. The number of nitro benzene ring substituents is 1. The molecule has 0 spiro atoms. The standard InChI is InChI=1S/C13H6Br2N2O3/c14-10-3-2-9(17(18)19)6-13(10)20-12-4-1-8(7-16)5-11(12)15/h1-6H. The second kappa shape index (κ2) is 6.03. The number of benzene rings is 2. The molecule has 0 bridgehead atoms. The van der Waals surface area contributed by atoms with Crippen LogP contribution in [0, 0.1) is 21.4 Å². The van der Waals surface area contributed by atoms with Gasteiger partial charge in [-0.05, 0) is 56.1 Å². The first-order valence-corrected chi connectivity index (χ1v) is 6.91. The van der Waals surface area contributed by atoms with Crippen molar-refractivity contribution in [3.63, 3.8) is 0 Å². The Morgan fingerprint density at radius 2 is 1.85 bits per heavy atom. The molecule has 2 rings (SSSR count). The summed E-state index contributed by atoms with van der Waals surface area (Å²) in [7, 11) is 0. The van der Waals surface area contributed by atoms with Crippen molar-refractivity contribution in [2.75, 3.05) is 0 Å². The van der Waals surface area contributed by atoms with E-state index in [-0.39, 0.29) is 5.69 Å². The lowest BCUT2D eigenvalue weighted by Gasteiger charge is -2.09. The number of halogens is 2. The van der Waals surface area contributed by atoms with Gasteiger partial charge in [0.15, 0.2) is 0 Å². The van der Waals surface area contributed by atoms with Gasteiger partial charge in [-0.15, -0.1) is 0 Å². The van der Waals surface area contributed by atoms with Crippen LogP contribution >= 0.6 is 31.9 Å². The predicted molar refractivity (Wildman–Crippen MR) is 79.7 cm³/mol. The van der Waals surface area contributed by atoms with Gasteiger partial charge in [0, 0.05) is 6.07 Å². The molecular weight excluding hydrogens is 392 g/mol. The molecule has 20 heavy (non-hydrogen) atoms. The molecular formula is C13H6Br2N2O3. The lowest BCUT2D eigenvalue weighted by molar-refractivity contribution is -0.384. The maximum Gasteiger partial charge on any atom is 0.273 e. The first-order chi connectivity index (χ1) is 9.51. The van der Waals surface area contributed by atoms with Crippen molar-refractivity contribution in [1.29, 1.82) is 5.26 Å². The Balaban J connectivity index is 2.37. The van der Waals surface area contributed by atoms with Crippen LogP contribution in [0.25, 0.3) is 0 Å². The third-order valence-corrected chi connectivity index (χ3v) is 3.68. The van der Waals surface area contributed by atoms with Crippen LogP contribution < -0.4 is 4.74 Å². The van der Waals surface area contributed by atoms with E-state index in [1.54, 1.807) is 24.3 Å². The lowest BCUT2D eigenvalue weighted by Crippen LogP contribution is -1.91. The summed E-state index contributed by atoms with van der Waals surface area (Å²) in [5.41, 5.74) is 0.426. The largest absolute Gasteiger partial charge is 0.455 e. The zero-order valence-corrected chi connectivity index (χ0v) is 13.0. The number of nitriles is 1. The maximum atomic E-state index is 10.8. The molecule has 5 nitrogen and oxygen atoms in total. The molecule has 0 atom stereocenters. The summed E-state index contributed by atoms with van der Waals surface area (Å²) in [6.07, 6.45) is 0. The topological polar surface area (TPSA) is 76.2 Å². The molecule has 0 heterocycles. The van der Waals surface area contributed by atoms with Crippen LogP contribution in [0.5, 0.6) is 11.5 Å². The third kappa shape index (κ3) is 3.15. The second-order valence-electron chi connectivity index (χ2n) is 3.73. The van der Waals surface area contributed by atoms with Gasteiger partial charge in [-0.2, -0.15) is 5.26 Å². The molecule has 0 fully saturated rings. The second-order valence-corrected chi connectivity index (χ2v) is 5.44. The quantitative estimate of drug-likeness (QED) is 0.551. The van der Waals surface area contributed by atoms with Gasteiger partial charge in [-0.1, -0.05) is 0 Å². The van der Waals surface area contributed by atoms with Crippen molar-refractivity contribution in [1.82, 2.24) is 0 Å². The molecule has 0 unspecified atom stereocenters. The number of ether oxygens (including phenoxy) is 1. The summed E-state index contributed by atoms with van der Waals surface area (Å²) < 4.78 is 6.81. The van der Waals surface area contributed by atoms with Crippen LogP contribution in [0.2, 0.25) is 0 Å². The minimum atomic E-state index is -0.493. The Morgan fingerprint density at radius 3 is 2.45 bits per heavy atom. The number of nitro groups is 1. The molecule has 0 radical (unpaired) electrons. The highest BCUT2D eigenvalue weighted by molar-refractivity contribution is 9.11. The van der Waals surface area contributed by atoms with Crippen molar-refractivity contribution < 1.29 is 9.66 Å². The molecule has 0 amide bonds. The number of hydrogen-bond acceptors (Lipinski definition) is 4. The molecule has 0 aliphatic rings. The van der Waals surface area contributed by atoms with Crippen molar-refractivity contribution in [3.05, 3.63) is 61.0 Å². The molecule has 0 aliphatic carbocycles. The summed E-state index contributed by atoms with van der Waals surface area (Å²) >= 11 is 6.57. The van der Waals surface area contributed by atoms with Crippen molar-refractivity contribution in [2.24, 2.45) is 0 Å². The van der Waals surface area contributed by atoms with E-state index in [1.807, 2.05) is 6.07 Å². The summed E-state index contributed by atoms with van der Waals surface area (Å²) in [6, 6.07) is 11.1. The molecule has 0 saturated carbocycles. The predicted octanol–water partition coefficient (Wildman–Crippen LogP) is 4.78. The third-order valence-electron chi connectivity index (χ3n) is 2.41. The molecule has 0 aromatic heterocycles. The van der Waals surface area contributed by atoms with Gasteiger partial charge in [-0.3, -0.25) is 10.1 Å². The molecule has 0 aliphatic heterocycles. The fourth-order valence-electron chi connectivity index (χ4n) is 1.46. The van der Waals surface area contributed by atoms with E-state index in [9.17, 15) is 10.1 Å². The zero-order chi connectivity index (χ0) is 14.7. The van der Waals surface area contributed by atoms with Crippen LogP contribution in [-0.2, 0) is 0 Å². The molecule has 0 saturated heterocycles. The fraction of sp³-hybridized carbons (Fsp3) is 0. The lowest BCUT2D eigenvalue weighted by atomic mass is 10.2. The average Bonchev–Trinajstić information content (AvgIpc) is 2.42. The minimum absolute atomic E-state index is 0.0621. The highest BCUT2D eigenvalue weighted by Crippen LogP contribution is 2.36. The maximum absolute atomic E-state index is 10.8. The molecule has 100 valence electrons. The van der Waals surface area contributed by atoms with Gasteiger partial charge >= 0.3 is 0 Å². The van der Waals surface area contributed by atoms with Crippen LogP contribution in [0.15, 0.2) is 45.3 Å². The van der Waals surface area contributed by atoms with Gasteiger partial charge < -0.3 is 4.74 Å². The van der Waals surface area contributed by atoms with Crippen molar-refractivity contribution >= 4 is 37.5 Å². The van der Waals surface area contributed by atoms with Crippen LogP contribution in [-0.4, -0.2) is 4.92 Å². The van der Waals surface area contributed by atoms with Gasteiger partial charge in [0.1, 0.15) is 11.5 Å². The Hall–Kier alpha value is -1.91.